The van der Waals surface area contributed by atoms with Crippen LogP contribution in [-0.2, 0) is 4.79 Å². The van der Waals surface area contributed by atoms with Crippen LogP contribution in [0.25, 0.3) is 0 Å². The first-order chi connectivity index (χ1) is 4.70. The van der Waals surface area contributed by atoms with Crippen molar-refractivity contribution in [3.63, 3.8) is 0 Å². The minimum absolute atomic E-state index is 0.135. The molecule has 0 amide bonds. The first kappa shape index (κ1) is 9.03. The number of carboxylic acids is 1. The fraction of sp³-hybridized carbons (Fsp3) is 0.625. The standard InChI is InChI=1S/C8H12O2/c1-3-7(4-2)5-6-8(9)10/h1,7H,4-6H2,2H3,(H,9,10). The number of carboxylic acid groups (broad SMARTS) is 1. The van der Waals surface area contributed by atoms with Crippen molar-refractivity contribution in [3.8, 4) is 12.3 Å². The van der Waals surface area contributed by atoms with Gasteiger partial charge in [0.05, 0.1) is 0 Å². The maximum absolute atomic E-state index is 10.1. The fourth-order valence-corrected chi connectivity index (χ4v) is 0.703. The largest absolute Gasteiger partial charge is 0.481 e. The Balaban J connectivity index is 3.47. The molecule has 0 aliphatic carbocycles. The van der Waals surface area contributed by atoms with Crippen molar-refractivity contribution in [2.75, 3.05) is 0 Å². The van der Waals surface area contributed by atoms with Gasteiger partial charge in [-0.3, -0.25) is 4.79 Å². The molecule has 0 saturated heterocycles. The minimum atomic E-state index is -0.770. The fourth-order valence-electron chi connectivity index (χ4n) is 0.703. The monoisotopic (exact) mass is 140 g/mol. The number of carbonyl (C=O) groups is 1. The summed E-state index contributed by atoms with van der Waals surface area (Å²) in [6.45, 7) is 1.96. The molecule has 2 nitrogen and oxygen atoms in total. The van der Waals surface area contributed by atoms with Gasteiger partial charge in [-0.1, -0.05) is 6.92 Å². The average molecular weight is 140 g/mol. The van der Waals surface area contributed by atoms with Crippen molar-refractivity contribution in [1.29, 1.82) is 0 Å². The summed E-state index contributed by atoms with van der Waals surface area (Å²) in [5.74, 6) is 1.91. The Morgan fingerprint density at radius 3 is 2.70 bits per heavy atom. The smallest absolute Gasteiger partial charge is 0.303 e. The second-order valence-electron chi connectivity index (χ2n) is 2.20. The van der Waals surface area contributed by atoms with Crippen molar-refractivity contribution >= 4 is 5.97 Å². The summed E-state index contributed by atoms with van der Waals surface area (Å²) < 4.78 is 0. The zero-order chi connectivity index (χ0) is 7.98. The Bertz CT molecular complexity index is 144. The van der Waals surface area contributed by atoms with E-state index in [0.717, 1.165) is 6.42 Å². The SMILES string of the molecule is C#CC(CC)CCC(=O)O. The Morgan fingerprint density at radius 2 is 2.40 bits per heavy atom. The quantitative estimate of drug-likeness (QED) is 0.601. The average Bonchev–Trinajstić information content (AvgIpc) is 1.90. The van der Waals surface area contributed by atoms with E-state index < -0.39 is 5.97 Å². The molecule has 0 aromatic carbocycles. The molecule has 2 heteroatoms. The summed E-state index contributed by atoms with van der Waals surface area (Å²) in [6.07, 6.45) is 6.77. The van der Waals surface area contributed by atoms with Crippen LogP contribution in [0, 0.1) is 18.3 Å². The molecule has 0 rings (SSSR count). The van der Waals surface area contributed by atoms with Crippen LogP contribution in [0.15, 0.2) is 0 Å². The van der Waals surface area contributed by atoms with Gasteiger partial charge in [0.2, 0.25) is 0 Å². The van der Waals surface area contributed by atoms with Crippen LogP contribution >= 0.6 is 0 Å². The van der Waals surface area contributed by atoms with E-state index in [1.54, 1.807) is 0 Å². The van der Waals surface area contributed by atoms with Gasteiger partial charge in [0, 0.05) is 12.3 Å². The van der Waals surface area contributed by atoms with Crippen LogP contribution in [0.2, 0.25) is 0 Å². The summed E-state index contributed by atoms with van der Waals surface area (Å²) >= 11 is 0. The Labute approximate surface area is 61.2 Å². The van der Waals surface area contributed by atoms with Gasteiger partial charge in [0.1, 0.15) is 0 Å². The number of rotatable bonds is 4. The molecule has 0 fully saturated rings. The van der Waals surface area contributed by atoms with Crippen molar-refractivity contribution in [2.45, 2.75) is 26.2 Å². The minimum Gasteiger partial charge on any atom is -0.481 e. The van der Waals surface area contributed by atoms with E-state index in [2.05, 4.69) is 5.92 Å². The molecule has 0 aliphatic heterocycles. The van der Waals surface area contributed by atoms with Crippen LogP contribution in [0.4, 0.5) is 0 Å². The second-order valence-corrected chi connectivity index (χ2v) is 2.20. The van der Waals surface area contributed by atoms with Gasteiger partial charge in [0.15, 0.2) is 0 Å². The molecule has 56 valence electrons. The van der Waals surface area contributed by atoms with Gasteiger partial charge in [-0.25, -0.2) is 0 Å². The third-order valence-electron chi connectivity index (χ3n) is 1.44. The highest BCUT2D eigenvalue weighted by Crippen LogP contribution is 2.08. The molecule has 0 saturated carbocycles. The number of hydrogen-bond acceptors (Lipinski definition) is 1. The highest BCUT2D eigenvalue weighted by Gasteiger charge is 2.04. The Kier molecular flexibility index (Phi) is 4.39. The maximum atomic E-state index is 10.1. The Morgan fingerprint density at radius 1 is 1.80 bits per heavy atom. The topological polar surface area (TPSA) is 37.3 Å². The van der Waals surface area contributed by atoms with Gasteiger partial charge in [0.25, 0.3) is 0 Å². The molecule has 0 bridgehead atoms. The lowest BCUT2D eigenvalue weighted by molar-refractivity contribution is -0.137. The summed E-state index contributed by atoms with van der Waals surface area (Å²) in [6, 6.07) is 0. The van der Waals surface area contributed by atoms with Crippen molar-refractivity contribution in [2.24, 2.45) is 5.92 Å². The van der Waals surface area contributed by atoms with E-state index in [1.165, 1.54) is 0 Å². The van der Waals surface area contributed by atoms with Gasteiger partial charge < -0.3 is 5.11 Å². The lowest BCUT2D eigenvalue weighted by atomic mass is 10.0. The van der Waals surface area contributed by atoms with Gasteiger partial charge >= 0.3 is 5.97 Å². The van der Waals surface area contributed by atoms with Gasteiger partial charge in [-0.05, 0) is 12.8 Å². The predicted octanol–water partition coefficient (Wildman–Crippen LogP) is 1.51. The van der Waals surface area contributed by atoms with E-state index >= 15 is 0 Å². The van der Waals surface area contributed by atoms with E-state index in [1.807, 2.05) is 6.92 Å². The number of hydrogen-bond donors (Lipinski definition) is 1. The summed E-state index contributed by atoms with van der Waals surface area (Å²) in [7, 11) is 0. The highest BCUT2D eigenvalue weighted by molar-refractivity contribution is 5.66. The third kappa shape index (κ3) is 3.96. The maximum Gasteiger partial charge on any atom is 0.303 e. The predicted molar refractivity (Wildman–Crippen MR) is 39.5 cm³/mol. The van der Waals surface area contributed by atoms with Crippen LogP contribution in [0.3, 0.4) is 0 Å². The molecule has 0 radical (unpaired) electrons. The van der Waals surface area contributed by atoms with Gasteiger partial charge in [-0.2, -0.15) is 0 Å². The molecule has 0 aliphatic rings. The molecular formula is C8H12O2. The molecule has 1 atom stereocenters. The zero-order valence-electron chi connectivity index (χ0n) is 6.13. The summed E-state index contributed by atoms with van der Waals surface area (Å²) in [5, 5.41) is 8.28. The molecule has 0 aromatic rings. The lowest BCUT2D eigenvalue weighted by Gasteiger charge is -2.02. The van der Waals surface area contributed by atoms with Crippen LogP contribution < -0.4 is 0 Å². The van der Waals surface area contributed by atoms with Crippen molar-refractivity contribution < 1.29 is 9.90 Å². The van der Waals surface area contributed by atoms with Crippen LogP contribution in [0.1, 0.15) is 26.2 Å². The number of aliphatic carboxylic acids is 1. The van der Waals surface area contributed by atoms with E-state index in [9.17, 15) is 4.79 Å². The van der Waals surface area contributed by atoms with E-state index in [4.69, 9.17) is 11.5 Å². The van der Waals surface area contributed by atoms with E-state index in [0.29, 0.717) is 6.42 Å². The highest BCUT2D eigenvalue weighted by atomic mass is 16.4. The lowest BCUT2D eigenvalue weighted by Crippen LogP contribution is -2.00. The Hall–Kier alpha value is -0.970. The summed E-state index contributed by atoms with van der Waals surface area (Å²) in [4.78, 5) is 10.1. The molecule has 0 heterocycles. The van der Waals surface area contributed by atoms with Crippen molar-refractivity contribution in [3.05, 3.63) is 0 Å². The van der Waals surface area contributed by atoms with Gasteiger partial charge in [-0.15, -0.1) is 12.3 Å². The zero-order valence-corrected chi connectivity index (χ0v) is 6.13. The van der Waals surface area contributed by atoms with Crippen molar-refractivity contribution in [1.82, 2.24) is 0 Å². The van der Waals surface area contributed by atoms with Crippen LogP contribution in [-0.4, -0.2) is 11.1 Å². The molecule has 1 N–H and O–H groups in total. The summed E-state index contributed by atoms with van der Waals surface area (Å²) in [5.41, 5.74) is 0. The molecule has 0 aromatic heterocycles. The third-order valence-corrected chi connectivity index (χ3v) is 1.44. The molecular weight excluding hydrogens is 128 g/mol. The second kappa shape index (κ2) is 4.87. The first-order valence-electron chi connectivity index (χ1n) is 3.38. The first-order valence-corrected chi connectivity index (χ1v) is 3.38. The number of terminal acetylenes is 1. The van der Waals surface area contributed by atoms with E-state index in [-0.39, 0.29) is 12.3 Å². The normalized spacial score (nSPS) is 12.0. The molecule has 1 unspecified atom stereocenters. The molecule has 10 heavy (non-hydrogen) atoms. The van der Waals surface area contributed by atoms with Crippen LogP contribution in [0.5, 0.6) is 0 Å². The molecule has 0 spiro atoms.